The normalized spacial score (nSPS) is 10.9. The van der Waals surface area contributed by atoms with Crippen LogP contribution in [0.3, 0.4) is 0 Å². The number of nitrogens with zero attached hydrogens (tertiary/aromatic N) is 2. The van der Waals surface area contributed by atoms with Gasteiger partial charge in [-0.2, -0.15) is 0 Å². The van der Waals surface area contributed by atoms with E-state index in [1.165, 1.54) is 51.4 Å². The van der Waals surface area contributed by atoms with E-state index in [-0.39, 0.29) is 28.4 Å². The average molecular weight is 426 g/mol. The third kappa shape index (κ3) is 10.9. The molecular formula is C20H36ClN7O. The number of nitrogen functional groups attached to an aromatic ring is 2. The highest BCUT2D eigenvalue weighted by molar-refractivity contribution is 6.31. The molecule has 1 aromatic rings. The number of guanidine groups is 1. The first-order chi connectivity index (χ1) is 13.8. The first-order valence-electron chi connectivity index (χ1n) is 10.5. The molecule has 1 amide bonds. The Morgan fingerprint density at radius 1 is 0.966 bits per heavy atom. The fourth-order valence-corrected chi connectivity index (χ4v) is 3.08. The van der Waals surface area contributed by atoms with Crippen LogP contribution in [0.5, 0.6) is 0 Å². The van der Waals surface area contributed by atoms with E-state index >= 15 is 0 Å². The number of hydrogen-bond donors (Lipinski definition) is 5. The molecule has 0 atom stereocenters. The monoisotopic (exact) mass is 425 g/mol. The minimum absolute atomic E-state index is 0.0416. The zero-order valence-corrected chi connectivity index (χ0v) is 18.4. The maximum atomic E-state index is 12.1. The van der Waals surface area contributed by atoms with Gasteiger partial charge in [0, 0.05) is 6.54 Å². The van der Waals surface area contributed by atoms with Crippen molar-refractivity contribution in [1.29, 1.82) is 5.41 Å². The molecule has 0 aromatic carbocycles. The van der Waals surface area contributed by atoms with Crippen LogP contribution in [0, 0.1) is 11.3 Å². The summed E-state index contributed by atoms with van der Waals surface area (Å²) in [5.41, 5.74) is 11.0. The predicted octanol–water partition coefficient (Wildman–Crippen LogP) is 4.11. The molecule has 1 aromatic heterocycles. The molecule has 9 heteroatoms. The van der Waals surface area contributed by atoms with Crippen molar-refractivity contribution in [3.8, 4) is 0 Å². The Bertz CT molecular complexity index is 652. The Labute approximate surface area is 179 Å². The Hall–Kier alpha value is -2.09. The summed E-state index contributed by atoms with van der Waals surface area (Å²) >= 11 is 5.76. The summed E-state index contributed by atoms with van der Waals surface area (Å²) in [6.07, 6.45) is 12.5. The van der Waals surface area contributed by atoms with Gasteiger partial charge in [0.15, 0.2) is 28.4 Å². The minimum atomic E-state index is -0.650. The zero-order valence-electron chi connectivity index (χ0n) is 17.7. The van der Waals surface area contributed by atoms with E-state index in [0.717, 1.165) is 18.8 Å². The number of unbranched alkanes of at least 4 members (excludes halogenated alkanes) is 8. The lowest BCUT2D eigenvalue weighted by atomic mass is 10.0. The second-order valence-corrected chi connectivity index (χ2v) is 8.11. The summed E-state index contributed by atoms with van der Waals surface area (Å²) in [6.45, 7) is 5.19. The number of amides is 1. The molecule has 0 bridgehead atoms. The summed E-state index contributed by atoms with van der Waals surface area (Å²) in [5.74, 6) is -0.105. The minimum Gasteiger partial charge on any atom is -0.382 e. The molecule has 164 valence electrons. The van der Waals surface area contributed by atoms with E-state index in [4.69, 9.17) is 28.5 Å². The number of rotatable bonds is 13. The van der Waals surface area contributed by atoms with Crippen LogP contribution >= 0.6 is 11.6 Å². The standard InChI is InChI=1S/C20H36ClN7O/c1-14(2)12-10-8-6-4-3-5-7-9-11-13-25-20(24)28-19(29)15-17(22)27-18(23)16(21)26-15/h14H,3-13H2,1-2H3,(H4,22,23,27)(H3,24,25,28,29). The predicted molar refractivity (Wildman–Crippen MR) is 120 cm³/mol. The van der Waals surface area contributed by atoms with Crippen molar-refractivity contribution in [2.45, 2.75) is 78.1 Å². The molecule has 0 fully saturated rings. The molecule has 1 rings (SSSR count). The summed E-state index contributed by atoms with van der Waals surface area (Å²) in [4.78, 5) is 19.7. The smallest absolute Gasteiger partial charge is 0.280 e. The van der Waals surface area contributed by atoms with Crippen LogP contribution in [-0.2, 0) is 0 Å². The van der Waals surface area contributed by atoms with E-state index in [1.54, 1.807) is 0 Å². The topological polar surface area (TPSA) is 143 Å². The van der Waals surface area contributed by atoms with Crippen LogP contribution in [-0.4, -0.2) is 28.4 Å². The molecule has 0 saturated heterocycles. The van der Waals surface area contributed by atoms with Crippen LogP contribution in [0.4, 0.5) is 11.6 Å². The van der Waals surface area contributed by atoms with Crippen molar-refractivity contribution < 1.29 is 4.79 Å². The van der Waals surface area contributed by atoms with Crippen LogP contribution in [0.25, 0.3) is 0 Å². The Kier molecular flexibility index (Phi) is 12.0. The van der Waals surface area contributed by atoms with Crippen molar-refractivity contribution in [3.63, 3.8) is 0 Å². The molecule has 7 N–H and O–H groups in total. The highest BCUT2D eigenvalue weighted by atomic mass is 35.5. The second kappa shape index (κ2) is 14.0. The van der Waals surface area contributed by atoms with Gasteiger partial charge in [-0.3, -0.25) is 15.5 Å². The number of hydrogen-bond acceptors (Lipinski definition) is 6. The second-order valence-electron chi connectivity index (χ2n) is 7.75. The molecule has 0 radical (unpaired) electrons. The van der Waals surface area contributed by atoms with Crippen molar-refractivity contribution >= 4 is 35.1 Å². The van der Waals surface area contributed by atoms with E-state index in [0.29, 0.717) is 6.54 Å². The van der Waals surface area contributed by atoms with Crippen LogP contribution in [0.2, 0.25) is 5.15 Å². The van der Waals surface area contributed by atoms with E-state index in [2.05, 4.69) is 34.4 Å². The number of anilines is 2. The van der Waals surface area contributed by atoms with Crippen molar-refractivity contribution in [2.24, 2.45) is 5.92 Å². The average Bonchev–Trinajstić information content (AvgIpc) is 2.65. The van der Waals surface area contributed by atoms with Gasteiger partial charge in [0.2, 0.25) is 0 Å². The van der Waals surface area contributed by atoms with Crippen LogP contribution in [0.1, 0.15) is 88.5 Å². The number of aromatic nitrogens is 2. The van der Waals surface area contributed by atoms with Crippen molar-refractivity contribution in [2.75, 3.05) is 18.0 Å². The molecular weight excluding hydrogens is 390 g/mol. The van der Waals surface area contributed by atoms with Gasteiger partial charge < -0.3 is 16.8 Å². The van der Waals surface area contributed by atoms with Gasteiger partial charge in [-0.15, -0.1) is 0 Å². The maximum Gasteiger partial charge on any atom is 0.280 e. The lowest BCUT2D eigenvalue weighted by Crippen LogP contribution is -2.41. The van der Waals surface area contributed by atoms with Crippen LogP contribution < -0.4 is 22.1 Å². The molecule has 0 saturated carbocycles. The van der Waals surface area contributed by atoms with Gasteiger partial charge in [-0.1, -0.05) is 83.2 Å². The zero-order chi connectivity index (χ0) is 21.6. The lowest BCUT2D eigenvalue weighted by molar-refractivity contribution is 0.0971. The van der Waals surface area contributed by atoms with Gasteiger partial charge in [-0.25, -0.2) is 9.97 Å². The van der Waals surface area contributed by atoms with Crippen LogP contribution in [0.15, 0.2) is 0 Å². The molecule has 0 unspecified atom stereocenters. The fourth-order valence-electron chi connectivity index (χ4n) is 2.95. The van der Waals surface area contributed by atoms with E-state index in [1.807, 2.05) is 0 Å². The molecule has 1 heterocycles. The highest BCUT2D eigenvalue weighted by Crippen LogP contribution is 2.17. The van der Waals surface area contributed by atoms with E-state index in [9.17, 15) is 4.79 Å². The van der Waals surface area contributed by atoms with Crippen molar-refractivity contribution in [3.05, 3.63) is 10.8 Å². The SMILES string of the molecule is CC(C)CCCCCCCCCCCNC(=N)NC(=O)c1nc(Cl)c(N)nc1N. The first-order valence-corrected chi connectivity index (χ1v) is 10.9. The lowest BCUT2D eigenvalue weighted by Gasteiger charge is -2.10. The maximum absolute atomic E-state index is 12.1. The van der Waals surface area contributed by atoms with Crippen molar-refractivity contribution in [1.82, 2.24) is 20.6 Å². The third-order valence-corrected chi connectivity index (χ3v) is 4.90. The summed E-state index contributed by atoms with van der Waals surface area (Å²) in [7, 11) is 0. The number of nitrogens with two attached hydrogens (primary N) is 2. The molecule has 0 aliphatic heterocycles. The number of halogens is 1. The van der Waals surface area contributed by atoms with Gasteiger partial charge in [-0.05, 0) is 12.3 Å². The molecule has 29 heavy (non-hydrogen) atoms. The van der Waals surface area contributed by atoms with E-state index < -0.39 is 5.91 Å². The Balaban J connectivity index is 2.06. The Morgan fingerprint density at radius 2 is 1.52 bits per heavy atom. The third-order valence-electron chi connectivity index (χ3n) is 4.62. The highest BCUT2D eigenvalue weighted by Gasteiger charge is 2.16. The molecule has 8 nitrogen and oxygen atoms in total. The summed E-state index contributed by atoms with van der Waals surface area (Å²) < 4.78 is 0. The fraction of sp³-hybridized carbons (Fsp3) is 0.700. The number of nitrogens with one attached hydrogen (secondary N) is 3. The van der Waals surface area contributed by atoms with Gasteiger partial charge in [0.25, 0.3) is 5.91 Å². The molecule has 0 spiro atoms. The van der Waals surface area contributed by atoms with Gasteiger partial charge >= 0.3 is 0 Å². The summed E-state index contributed by atoms with van der Waals surface area (Å²) in [5, 5.41) is 12.9. The molecule has 0 aliphatic carbocycles. The van der Waals surface area contributed by atoms with Gasteiger partial charge in [0.05, 0.1) is 0 Å². The Morgan fingerprint density at radius 3 is 2.10 bits per heavy atom. The molecule has 0 aliphatic rings. The first kappa shape index (κ1) is 24.9. The number of carbonyl (C=O) groups is 1. The largest absolute Gasteiger partial charge is 0.382 e. The number of carbonyl (C=O) groups excluding carboxylic acids is 1. The summed E-state index contributed by atoms with van der Waals surface area (Å²) in [6, 6.07) is 0. The quantitative estimate of drug-likeness (QED) is 0.183. The van der Waals surface area contributed by atoms with Gasteiger partial charge in [0.1, 0.15) is 0 Å².